The summed E-state index contributed by atoms with van der Waals surface area (Å²) in [7, 11) is 2.04. The number of hydrogen-bond acceptors (Lipinski definition) is 4. The minimum Gasteiger partial charge on any atom is -0.370 e. The van der Waals surface area contributed by atoms with Gasteiger partial charge < -0.3 is 20.1 Å². The monoisotopic (exact) mass is 469 g/mol. The van der Waals surface area contributed by atoms with E-state index in [9.17, 15) is 4.79 Å². The molecule has 0 unspecified atom stereocenters. The Morgan fingerprint density at radius 3 is 2.60 bits per heavy atom. The van der Waals surface area contributed by atoms with Crippen LogP contribution >= 0.6 is 0 Å². The number of carbonyl (C=O) groups excluding carboxylic acids is 1. The maximum absolute atomic E-state index is 13.1. The van der Waals surface area contributed by atoms with Crippen LogP contribution in [0.25, 0.3) is 10.9 Å². The molecule has 0 bridgehead atoms. The molecule has 0 spiro atoms. The minimum absolute atomic E-state index is 0.114. The molecule has 1 amide bonds. The number of aryl methyl sites for hydroxylation is 1. The van der Waals surface area contributed by atoms with E-state index in [2.05, 4.69) is 56.6 Å². The molecule has 1 aliphatic heterocycles. The van der Waals surface area contributed by atoms with E-state index in [1.807, 2.05) is 31.3 Å². The minimum atomic E-state index is 0.114. The fourth-order valence-corrected chi connectivity index (χ4v) is 5.90. The Balaban J connectivity index is 1.20. The molecule has 2 heterocycles. The lowest BCUT2D eigenvalue weighted by atomic mass is 9.88. The van der Waals surface area contributed by atoms with Crippen LogP contribution in [0, 0.1) is 11.3 Å². The molecule has 2 fully saturated rings. The molecule has 1 aliphatic carbocycles. The number of amides is 1. The molecule has 35 heavy (non-hydrogen) atoms. The van der Waals surface area contributed by atoms with Crippen molar-refractivity contribution in [3.05, 3.63) is 65.9 Å². The number of piperidine rings is 1. The third kappa shape index (κ3) is 5.36. The van der Waals surface area contributed by atoms with Crippen molar-refractivity contribution in [2.24, 2.45) is 7.05 Å². The summed E-state index contributed by atoms with van der Waals surface area (Å²) in [5, 5.41) is 17.5. The van der Waals surface area contributed by atoms with Crippen LogP contribution in [-0.2, 0) is 18.3 Å². The molecule has 6 heteroatoms. The van der Waals surface area contributed by atoms with Crippen molar-refractivity contribution >= 4 is 22.5 Å². The zero-order valence-corrected chi connectivity index (χ0v) is 20.5. The summed E-state index contributed by atoms with van der Waals surface area (Å²) in [6.45, 7) is 2.00. The molecule has 2 aliphatic rings. The van der Waals surface area contributed by atoms with Crippen molar-refractivity contribution in [3.8, 4) is 6.07 Å². The number of hydrogen-bond donors (Lipinski definition) is 2. The van der Waals surface area contributed by atoms with Crippen LogP contribution in [-0.4, -0.2) is 41.7 Å². The lowest BCUT2D eigenvalue weighted by molar-refractivity contribution is -0.121. The van der Waals surface area contributed by atoms with Gasteiger partial charge in [0.15, 0.2) is 0 Å². The third-order valence-corrected chi connectivity index (χ3v) is 7.68. The van der Waals surface area contributed by atoms with E-state index >= 15 is 0 Å². The topological polar surface area (TPSA) is 73.1 Å². The van der Waals surface area contributed by atoms with Gasteiger partial charge in [-0.1, -0.05) is 31.0 Å². The number of para-hydroxylation sites is 1. The molecule has 1 aromatic heterocycles. The van der Waals surface area contributed by atoms with Crippen molar-refractivity contribution in [2.75, 3.05) is 18.0 Å². The SMILES string of the molecule is Cn1cc(CC(=O)N[C@@H]2CCCC[C@H]2N[C@H]2CCCN(c3ccc(C#N)cc3)C2)c2ccccc21. The molecule has 1 saturated carbocycles. The first-order valence-corrected chi connectivity index (χ1v) is 12.9. The van der Waals surface area contributed by atoms with E-state index in [0.717, 1.165) is 55.2 Å². The maximum Gasteiger partial charge on any atom is 0.224 e. The lowest BCUT2D eigenvalue weighted by Crippen LogP contribution is -2.57. The third-order valence-electron chi connectivity index (χ3n) is 7.68. The molecule has 3 aromatic rings. The average molecular weight is 470 g/mol. The van der Waals surface area contributed by atoms with Crippen LogP contribution in [0.2, 0.25) is 0 Å². The molecule has 5 rings (SSSR count). The second-order valence-corrected chi connectivity index (χ2v) is 10.1. The molecule has 182 valence electrons. The number of nitriles is 1. The van der Waals surface area contributed by atoms with E-state index in [0.29, 0.717) is 24.1 Å². The second-order valence-electron chi connectivity index (χ2n) is 10.1. The highest BCUT2D eigenvalue weighted by atomic mass is 16.1. The van der Waals surface area contributed by atoms with Crippen molar-refractivity contribution in [3.63, 3.8) is 0 Å². The predicted molar refractivity (Wildman–Crippen MR) is 140 cm³/mol. The number of rotatable bonds is 6. The smallest absolute Gasteiger partial charge is 0.224 e. The summed E-state index contributed by atoms with van der Waals surface area (Å²) in [4.78, 5) is 15.5. The summed E-state index contributed by atoms with van der Waals surface area (Å²) in [5.41, 5.74) is 4.13. The fraction of sp³-hybridized carbons (Fsp3) is 0.448. The Morgan fingerprint density at radius 1 is 1.03 bits per heavy atom. The molecule has 1 saturated heterocycles. The first kappa shape index (κ1) is 23.4. The summed E-state index contributed by atoms with van der Waals surface area (Å²) in [6.07, 6.45) is 9.31. The second kappa shape index (κ2) is 10.5. The highest BCUT2D eigenvalue weighted by Gasteiger charge is 2.30. The fourth-order valence-electron chi connectivity index (χ4n) is 5.90. The van der Waals surface area contributed by atoms with E-state index < -0.39 is 0 Å². The first-order valence-electron chi connectivity index (χ1n) is 12.9. The Labute approximate surface area is 207 Å². The van der Waals surface area contributed by atoms with Gasteiger partial charge in [0, 0.05) is 61.0 Å². The Morgan fingerprint density at radius 2 is 1.80 bits per heavy atom. The van der Waals surface area contributed by atoms with Gasteiger partial charge in [0.05, 0.1) is 18.1 Å². The van der Waals surface area contributed by atoms with Gasteiger partial charge in [-0.3, -0.25) is 4.79 Å². The van der Waals surface area contributed by atoms with Crippen molar-refractivity contribution < 1.29 is 4.79 Å². The van der Waals surface area contributed by atoms with Gasteiger partial charge in [-0.2, -0.15) is 5.26 Å². The van der Waals surface area contributed by atoms with Crippen LogP contribution < -0.4 is 15.5 Å². The van der Waals surface area contributed by atoms with Crippen LogP contribution in [0.3, 0.4) is 0 Å². The quantitative estimate of drug-likeness (QED) is 0.565. The lowest BCUT2D eigenvalue weighted by Gasteiger charge is -2.40. The van der Waals surface area contributed by atoms with E-state index in [1.165, 1.54) is 18.5 Å². The molecular weight excluding hydrogens is 434 g/mol. The van der Waals surface area contributed by atoms with Crippen LogP contribution in [0.15, 0.2) is 54.7 Å². The van der Waals surface area contributed by atoms with E-state index in [-0.39, 0.29) is 11.9 Å². The van der Waals surface area contributed by atoms with E-state index in [4.69, 9.17) is 5.26 Å². The van der Waals surface area contributed by atoms with Crippen LogP contribution in [0.1, 0.15) is 49.7 Å². The molecule has 0 radical (unpaired) electrons. The largest absolute Gasteiger partial charge is 0.370 e. The molecule has 2 N–H and O–H groups in total. The zero-order chi connectivity index (χ0) is 24.2. The Hall–Kier alpha value is -3.30. The predicted octanol–water partition coefficient (Wildman–Crippen LogP) is 4.28. The van der Waals surface area contributed by atoms with Gasteiger partial charge in [0.2, 0.25) is 5.91 Å². The summed E-state index contributed by atoms with van der Waals surface area (Å²) in [6, 6.07) is 19.3. The van der Waals surface area contributed by atoms with Gasteiger partial charge in [0.25, 0.3) is 0 Å². The van der Waals surface area contributed by atoms with Crippen LogP contribution in [0.5, 0.6) is 0 Å². The van der Waals surface area contributed by atoms with E-state index in [1.54, 1.807) is 0 Å². The molecule has 2 aromatic carbocycles. The summed E-state index contributed by atoms with van der Waals surface area (Å²) in [5.74, 6) is 0.114. The van der Waals surface area contributed by atoms with Gasteiger partial charge in [0.1, 0.15) is 0 Å². The number of anilines is 1. The number of aromatic nitrogens is 1. The zero-order valence-electron chi connectivity index (χ0n) is 20.5. The first-order chi connectivity index (χ1) is 17.1. The standard InChI is InChI=1S/C29H35N5O/c1-33-19-22(25-8-2-5-11-28(25)33)17-29(35)32-27-10-4-3-9-26(27)31-23-7-6-16-34(20-23)24-14-12-21(18-30)13-15-24/h2,5,8,11-15,19,23,26-27,31H,3-4,6-7,9-10,16-17,20H2,1H3,(H,32,35)/t23-,26+,27+/m0/s1. The number of fused-ring (bicyclic) bond motifs is 1. The number of carbonyl (C=O) groups is 1. The number of benzene rings is 2. The van der Waals surface area contributed by atoms with Gasteiger partial charge in [-0.15, -0.1) is 0 Å². The van der Waals surface area contributed by atoms with Crippen LogP contribution in [0.4, 0.5) is 5.69 Å². The molecule has 6 nitrogen and oxygen atoms in total. The van der Waals surface area contributed by atoms with Gasteiger partial charge in [-0.05, 0) is 61.6 Å². The van der Waals surface area contributed by atoms with Gasteiger partial charge >= 0.3 is 0 Å². The number of nitrogens with one attached hydrogen (secondary N) is 2. The summed E-state index contributed by atoms with van der Waals surface area (Å²) >= 11 is 0. The highest BCUT2D eigenvalue weighted by molar-refractivity contribution is 5.89. The van der Waals surface area contributed by atoms with Crippen molar-refractivity contribution in [1.29, 1.82) is 5.26 Å². The van der Waals surface area contributed by atoms with Gasteiger partial charge in [-0.25, -0.2) is 0 Å². The highest BCUT2D eigenvalue weighted by Crippen LogP contribution is 2.25. The van der Waals surface area contributed by atoms with Crippen molar-refractivity contribution in [1.82, 2.24) is 15.2 Å². The molecular formula is C29H35N5O. The maximum atomic E-state index is 13.1. The normalized spacial score (nSPS) is 22.6. The Bertz CT molecular complexity index is 1210. The molecule has 3 atom stereocenters. The summed E-state index contributed by atoms with van der Waals surface area (Å²) < 4.78 is 2.10. The Kier molecular flexibility index (Phi) is 7.06. The van der Waals surface area contributed by atoms with Crippen molar-refractivity contribution in [2.45, 2.75) is 63.1 Å². The number of nitrogens with zero attached hydrogens (tertiary/aromatic N) is 3. The average Bonchev–Trinajstić information content (AvgIpc) is 3.20.